The predicted molar refractivity (Wildman–Crippen MR) is 89.3 cm³/mol. The molecule has 2 heteroatoms. The van der Waals surface area contributed by atoms with Gasteiger partial charge in [0, 0.05) is 18.6 Å². The maximum absolute atomic E-state index is 6.40. The second-order valence-electron chi connectivity index (χ2n) is 7.62. The van der Waals surface area contributed by atoms with Gasteiger partial charge in [-0.3, -0.25) is 4.90 Å². The highest BCUT2D eigenvalue weighted by molar-refractivity contribution is 5.32. The van der Waals surface area contributed by atoms with Crippen molar-refractivity contribution in [2.24, 2.45) is 23.5 Å². The molecule has 2 atom stereocenters. The van der Waals surface area contributed by atoms with Crippen molar-refractivity contribution in [3.05, 3.63) is 35.4 Å². The molecule has 0 heterocycles. The minimum Gasteiger partial charge on any atom is -0.329 e. The minimum atomic E-state index is 0.212. The van der Waals surface area contributed by atoms with Crippen LogP contribution in [0.5, 0.6) is 0 Å². The molecule has 3 rings (SSSR count). The van der Waals surface area contributed by atoms with Gasteiger partial charge in [-0.1, -0.05) is 38.1 Å². The first kappa shape index (κ1) is 15.1. The zero-order valence-corrected chi connectivity index (χ0v) is 13.8. The summed E-state index contributed by atoms with van der Waals surface area (Å²) in [5, 5.41) is 0. The number of benzene rings is 1. The Morgan fingerprint density at radius 3 is 2.10 bits per heavy atom. The Morgan fingerprint density at radius 1 is 1.14 bits per heavy atom. The lowest BCUT2D eigenvalue weighted by atomic mass is 9.77. The van der Waals surface area contributed by atoms with Gasteiger partial charge in [-0.25, -0.2) is 0 Å². The quantitative estimate of drug-likeness (QED) is 0.921. The highest BCUT2D eigenvalue weighted by atomic mass is 15.2. The second-order valence-corrected chi connectivity index (χ2v) is 7.62. The van der Waals surface area contributed by atoms with Gasteiger partial charge in [0.25, 0.3) is 0 Å². The summed E-state index contributed by atoms with van der Waals surface area (Å²) in [7, 11) is 2.31. The first-order valence-electron chi connectivity index (χ1n) is 8.56. The topological polar surface area (TPSA) is 29.3 Å². The Kier molecular flexibility index (Phi) is 4.11. The number of fused-ring (bicyclic) bond motifs is 3. The molecule has 0 aliphatic heterocycles. The van der Waals surface area contributed by atoms with E-state index in [0.717, 1.165) is 24.9 Å². The fourth-order valence-electron chi connectivity index (χ4n) is 5.11. The van der Waals surface area contributed by atoms with Crippen LogP contribution in [-0.2, 0) is 12.8 Å². The van der Waals surface area contributed by atoms with E-state index in [2.05, 4.69) is 50.1 Å². The number of nitrogens with zero attached hydrogens (tertiary/aromatic N) is 1. The zero-order valence-electron chi connectivity index (χ0n) is 13.8. The van der Waals surface area contributed by atoms with E-state index in [1.807, 2.05) is 0 Å². The third-order valence-electron chi connectivity index (χ3n) is 6.01. The van der Waals surface area contributed by atoms with Gasteiger partial charge in [0.05, 0.1) is 0 Å². The third kappa shape index (κ3) is 2.43. The molecule has 21 heavy (non-hydrogen) atoms. The average Bonchev–Trinajstić information content (AvgIpc) is 2.70. The van der Waals surface area contributed by atoms with Crippen LogP contribution >= 0.6 is 0 Å². The van der Waals surface area contributed by atoms with Crippen LogP contribution in [0.4, 0.5) is 0 Å². The Labute approximate surface area is 129 Å². The standard InChI is InChI=1S/C19H30N2/c1-14(2)12-21(3)19(13-20)17-8-9-18(19)11-16-7-5-4-6-15(16)10-17/h4-7,14,17-18H,8-13,20H2,1-3H3. The summed E-state index contributed by atoms with van der Waals surface area (Å²) in [6.45, 7) is 6.59. The molecule has 2 aliphatic carbocycles. The number of hydrogen-bond donors (Lipinski definition) is 1. The summed E-state index contributed by atoms with van der Waals surface area (Å²) in [5.74, 6) is 2.14. The molecule has 0 saturated heterocycles. The highest BCUT2D eigenvalue weighted by Crippen LogP contribution is 2.49. The molecule has 1 fully saturated rings. The molecular weight excluding hydrogens is 256 g/mol. The Bertz CT molecular complexity index is 461. The Hall–Kier alpha value is -0.860. The maximum atomic E-state index is 6.40. The molecular formula is C19H30N2. The van der Waals surface area contributed by atoms with Crippen LogP contribution in [0.2, 0.25) is 0 Å². The number of hydrogen-bond acceptors (Lipinski definition) is 2. The monoisotopic (exact) mass is 286 g/mol. The van der Waals surface area contributed by atoms with Gasteiger partial charge in [0.2, 0.25) is 0 Å². The smallest absolute Gasteiger partial charge is 0.0391 e. The molecule has 1 saturated carbocycles. The maximum Gasteiger partial charge on any atom is 0.0391 e. The fraction of sp³-hybridized carbons (Fsp3) is 0.684. The third-order valence-corrected chi connectivity index (χ3v) is 6.01. The van der Waals surface area contributed by atoms with Crippen LogP contribution in [0.3, 0.4) is 0 Å². The highest BCUT2D eigenvalue weighted by Gasteiger charge is 2.52. The molecule has 116 valence electrons. The van der Waals surface area contributed by atoms with E-state index in [0.29, 0.717) is 5.92 Å². The van der Waals surface area contributed by atoms with Crippen LogP contribution in [-0.4, -0.2) is 30.6 Å². The van der Waals surface area contributed by atoms with E-state index in [9.17, 15) is 0 Å². The molecule has 2 unspecified atom stereocenters. The van der Waals surface area contributed by atoms with Crippen molar-refractivity contribution < 1.29 is 0 Å². The van der Waals surface area contributed by atoms with Gasteiger partial charge in [-0.05, 0) is 61.6 Å². The fourth-order valence-corrected chi connectivity index (χ4v) is 5.11. The predicted octanol–water partition coefficient (Wildman–Crippen LogP) is 3.10. The molecule has 2 nitrogen and oxygen atoms in total. The summed E-state index contributed by atoms with van der Waals surface area (Å²) in [4.78, 5) is 2.62. The first-order valence-corrected chi connectivity index (χ1v) is 8.56. The van der Waals surface area contributed by atoms with E-state index >= 15 is 0 Å². The molecule has 2 aliphatic rings. The van der Waals surface area contributed by atoms with Crippen LogP contribution in [0.1, 0.15) is 37.8 Å². The molecule has 0 spiro atoms. The Balaban J connectivity index is 1.96. The molecule has 0 amide bonds. The van der Waals surface area contributed by atoms with Gasteiger partial charge in [0.15, 0.2) is 0 Å². The van der Waals surface area contributed by atoms with Crippen LogP contribution in [0, 0.1) is 17.8 Å². The molecule has 0 aromatic heterocycles. The van der Waals surface area contributed by atoms with E-state index < -0.39 is 0 Å². The average molecular weight is 286 g/mol. The summed E-state index contributed by atoms with van der Waals surface area (Å²) in [6, 6.07) is 9.05. The molecule has 1 aromatic carbocycles. The van der Waals surface area contributed by atoms with Crippen molar-refractivity contribution in [2.45, 2.75) is 45.1 Å². The second kappa shape index (κ2) is 5.73. The van der Waals surface area contributed by atoms with Crippen molar-refractivity contribution in [2.75, 3.05) is 20.1 Å². The molecule has 2 bridgehead atoms. The largest absolute Gasteiger partial charge is 0.329 e. The van der Waals surface area contributed by atoms with Gasteiger partial charge < -0.3 is 5.73 Å². The molecule has 1 aromatic rings. The van der Waals surface area contributed by atoms with E-state index in [-0.39, 0.29) is 5.54 Å². The summed E-state index contributed by atoms with van der Waals surface area (Å²) in [5.41, 5.74) is 9.75. The minimum absolute atomic E-state index is 0.212. The van der Waals surface area contributed by atoms with Crippen molar-refractivity contribution in [3.8, 4) is 0 Å². The summed E-state index contributed by atoms with van der Waals surface area (Å²) in [6.07, 6.45) is 5.12. The van der Waals surface area contributed by atoms with Crippen molar-refractivity contribution in [1.29, 1.82) is 0 Å². The van der Waals surface area contributed by atoms with Gasteiger partial charge in [-0.2, -0.15) is 0 Å². The van der Waals surface area contributed by atoms with Crippen LogP contribution in [0.15, 0.2) is 24.3 Å². The normalized spacial score (nSPS) is 31.5. The van der Waals surface area contributed by atoms with E-state index in [1.54, 1.807) is 11.1 Å². The van der Waals surface area contributed by atoms with E-state index in [1.165, 1.54) is 25.7 Å². The number of rotatable bonds is 4. The zero-order chi connectivity index (χ0) is 15.0. The van der Waals surface area contributed by atoms with Crippen LogP contribution < -0.4 is 5.73 Å². The van der Waals surface area contributed by atoms with Gasteiger partial charge in [0.1, 0.15) is 0 Å². The van der Waals surface area contributed by atoms with Crippen LogP contribution in [0.25, 0.3) is 0 Å². The lowest BCUT2D eigenvalue weighted by Gasteiger charge is -2.47. The molecule has 0 radical (unpaired) electrons. The van der Waals surface area contributed by atoms with Crippen molar-refractivity contribution >= 4 is 0 Å². The van der Waals surface area contributed by atoms with Gasteiger partial charge in [-0.15, -0.1) is 0 Å². The van der Waals surface area contributed by atoms with E-state index in [4.69, 9.17) is 5.73 Å². The van der Waals surface area contributed by atoms with Crippen molar-refractivity contribution in [3.63, 3.8) is 0 Å². The lowest BCUT2D eigenvalue weighted by Crippen LogP contribution is -2.59. The first-order chi connectivity index (χ1) is 10.1. The lowest BCUT2D eigenvalue weighted by molar-refractivity contribution is 0.0372. The summed E-state index contributed by atoms with van der Waals surface area (Å²) >= 11 is 0. The Morgan fingerprint density at radius 2 is 1.67 bits per heavy atom. The number of likely N-dealkylation sites (N-methyl/N-ethyl adjacent to an activating group) is 1. The van der Waals surface area contributed by atoms with Gasteiger partial charge >= 0.3 is 0 Å². The van der Waals surface area contributed by atoms with Crippen molar-refractivity contribution in [1.82, 2.24) is 4.90 Å². The summed E-state index contributed by atoms with van der Waals surface area (Å²) < 4.78 is 0. The molecule has 2 N–H and O–H groups in total. The SMILES string of the molecule is CC(C)CN(C)C1(CN)C2CCC1Cc1ccccc1C2. The number of nitrogens with two attached hydrogens (primary N) is 1.